The van der Waals surface area contributed by atoms with Gasteiger partial charge in [0.1, 0.15) is 13.2 Å². The van der Waals surface area contributed by atoms with Crippen molar-refractivity contribution in [3.8, 4) is 0 Å². The molecule has 0 atom stereocenters. The number of ether oxygens (including phenoxy) is 1. The maximum Gasteiger partial charge on any atom is 0.330 e. The summed E-state index contributed by atoms with van der Waals surface area (Å²) in [4.78, 5) is 11.7. The quantitative estimate of drug-likeness (QED) is 0.263. The van der Waals surface area contributed by atoms with Gasteiger partial charge >= 0.3 is 5.97 Å². The largest absolute Gasteiger partial charge is 0.726 e. The van der Waals surface area contributed by atoms with Gasteiger partial charge in [-0.1, -0.05) is 6.58 Å². The van der Waals surface area contributed by atoms with Gasteiger partial charge in [-0.2, -0.15) is 0 Å². The average Bonchev–Trinajstić information content (AvgIpc) is 2.17. The average molecular weight is 255 g/mol. The van der Waals surface area contributed by atoms with Gasteiger partial charge in [0.05, 0.1) is 21.2 Å². The molecule has 0 aromatic carbocycles. The van der Waals surface area contributed by atoms with Crippen molar-refractivity contribution >= 4 is 16.4 Å². The van der Waals surface area contributed by atoms with Crippen LogP contribution < -0.4 is 4.90 Å². The first kappa shape index (κ1) is 17.4. The minimum absolute atomic E-state index is 0.346. The Morgan fingerprint density at radius 3 is 2.19 bits per heavy atom. The molecule has 0 amide bonds. The molecular formula is C8H17NO6S. The van der Waals surface area contributed by atoms with E-state index in [4.69, 9.17) is 4.74 Å². The van der Waals surface area contributed by atoms with Crippen LogP contribution in [-0.4, -0.2) is 53.3 Å². The first-order valence-corrected chi connectivity index (χ1v) is 5.66. The van der Waals surface area contributed by atoms with Crippen LogP contribution in [0.25, 0.3) is 0 Å². The van der Waals surface area contributed by atoms with Gasteiger partial charge in [-0.15, -0.1) is 0 Å². The lowest BCUT2D eigenvalue weighted by Crippen LogP contribution is -3.06. The van der Waals surface area contributed by atoms with Crippen LogP contribution in [0.3, 0.4) is 0 Å². The highest BCUT2D eigenvalue weighted by Gasteiger charge is 1.96. The van der Waals surface area contributed by atoms with Crippen LogP contribution in [0.15, 0.2) is 12.7 Å². The molecule has 16 heavy (non-hydrogen) atoms. The number of esters is 1. The Kier molecular flexibility index (Phi) is 10.1. The third-order valence-electron chi connectivity index (χ3n) is 1.22. The molecule has 7 nitrogen and oxygen atoms in total. The summed E-state index contributed by atoms with van der Waals surface area (Å²) in [5.74, 6) is -0.346. The molecule has 0 heterocycles. The van der Waals surface area contributed by atoms with Crippen molar-refractivity contribution in [2.24, 2.45) is 0 Å². The highest BCUT2D eigenvalue weighted by atomic mass is 32.3. The molecule has 0 saturated carbocycles. The third-order valence-corrected chi connectivity index (χ3v) is 1.63. The lowest BCUT2D eigenvalue weighted by atomic mass is 10.6. The van der Waals surface area contributed by atoms with Crippen molar-refractivity contribution in [2.75, 3.05) is 34.4 Å². The van der Waals surface area contributed by atoms with Gasteiger partial charge in [0.2, 0.25) is 10.4 Å². The van der Waals surface area contributed by atoms with E-state index in [0.717, 1.165) is 13.7 Å². The van der Waals surface area contributed by atoms with Gasteiger partial charge < -0.3 is 14.2 Å². The van der Waals surface area contributed by atoms with Gasteiger partial charge in [-0.25, -0.2) is 13.2 Å². The zero-order valence-electron chi connectivity index (χ0n) is 9.56. The van der Waals surface area contributed by atoms with Crippen molar-refractivity contribution in [2.45, 2.75) is 0 Å². The molecule has 0 radical (unpaired) electrons. The van der Waals surface area contributed by atoms with Crippen molar-refractivity contribution in [3.05, 3.63) is 12.7 Å². The Labute approximate surface area is 95.6 Å². The summed E-state index contributed by atoms with van der Waals surface area (Å²) < 4.78 is 35.7. The molecule has 0 aliphatic carbocycles. The van der Waals surface area contributed by atoms with E-state index in [1.54, 1.807) is 0 Å². The highest BCUT2D eigenvalue weighted by Crippen LogP contribution is 1.75. The Hall–Kier alpha value is -0.960. The molecule has 8 heteroatoms. The maximum absolute atomic E-state index is 10.4. The van der Waals surface area contributed by atoms with Gasteiger partial charge in [-0.05, 0) is 0 Å². The van der Waals surface area contributed by atoms with E-state index in [1.165, 1.54) is 11.0 Å². The topological polar surface area (TPSA) is 97.2 Å². The lowest BCUT2D eigenvalue weighted by molar-refractivity contribution is -0.858. The molecule has 0 aromatic rings. The van der Waals surface area contributed by atoms with E-state index < -0.39 is 10.4 Å². The Bertz CT molecular complexity index is 298. The molecule has 0 aliphatic heterocycles. The molecule has 0 aliphatic rings. The van der Waals surface area contributed by atoms with Crippen molar-refractivity contribution in [3.63, 3.8) is 0 Å². The summed E-state index contributed by atoms with van der Waals surface area (Å²) in [6, 6.07) is 0. The summed E-state index contributed by atoms with van der Waals surface area (Å²) in [7, 11) is 0.399. The number of quaternary nitrogens is 1. The van der Waals surface area contributed by atoms with E-state index in [2.05, 4.69) is 10.8 Å². The van der Waals surface area contributed by atoms with Crippen LogP contribution in [0, 0.1) is 0 Å². The molecule has 0 saturated heterocycles. The molecule has 96 valence electrons. The van der Waals surface area contributed by atoms with Gasteiger partial charge in [0.25, 0.3) is 0 Å². The Morgan fingerprint density at radius 1 is 1.50 bits per heavy atom. The zero-order valence-corrected chi connectivity index (χ0v) is 10.4. The number of carbonyl (C=O) groups excluding carboxylic acids is 1. The second-order valence-corrected chi connectivity index (χ2v) is 4.05. The van der Waals surface area contributed by atoms with E-state index >= 15 is 0 Å². The smallest absolute Gasteiger partial charge is 0.330 e. The molecular weight excluding hydrogens is 238 g/mol. The summed E-state index contributed by atoms with van der Waals surface area (Å²) >= 11 is 0. The van der Waals surface area contributed by atoms with Crippen molar-refractivity contribution < 1.29 is 31.6 Å². The fourth-order valence-electron chi connectivity index (χ4n) is 0.415. The van der Waals surface area contributed by atoms with E-state index in [-0.39, 0.29) is 5.97 Å². The fourth-order valence-corrected chi connectivity index (χ4v) is 0.415. The summed E-state index contributed by atoms with van der Waals surface area (Å²) in [6.45, 7) is 4.58. The van der Waals surface area contributed by atoms with Gasteiger partial charge in [0, 0.05) is 6.08 Å². The molecule has 0 bridgehead atoms. The minimum atomic E-state index is -4.41. The van der Waals surface area contributed by atoms with Crippen LogP contribution in [0.1, 0.15) is 0 Å². The predicted octanol–water partition coefficient (Wildman–Crippen LogP) is -2.05. The molecule has 1 N–H and O–H groups in total. The number of likely N-dealkylation sites (N-methyl/N-ethyl adjacent to an activating group) is 1. The van der Waals surface area contributed by atoms with Crippen molar-refractivity contribution in [1.29, 1.82) is 0 Å². The molecule has 0 spiro atoms. The number of rotatable bonds is 5. The summed E-state index contributed by atoms with van der Waals surface area (Å²) in [5.41, 5.74) is 0. The van der Waals surface area contributed by atoms with Crippen LogP contribution in [0.4, 0.5) is 0 Å². The monoisotopic (exact) mass is 255 g/mol. The maximum atomic E-state index is 10.4. The SMILES string of the molecule is C=CC(=O)OCC[NH+](C)C.COS(=O)(=O)[O-]. The second kappa shape index (κ2) is 9.28. The standard InChI is InChI=1S/C7H13NO2.CH4O4S/c1-4-7(9)10-6-5-8(2)3;1-5-6(2,3)4/h4H,1,5-6H2,2-3H3;1H3,(H,2,3,4). The molecule has 0 rings (SSSR count). The van der Waals surface area contributed by atoms with Crippen LogP contribution in [0.5, 0.6) is 0 Å². The fraction of sp³-hybridized carbons (Fsp3) is 0.625. The van der Waals surface area contributed by atoms with Crippen LogP contribution in [0.2, 0.25) is 0 Å². The van der Waals surface area contributed by atoms with Crippen LogP contribution >= 0.6 is 0 Å². The molecule has 0 unspecified atom stereocenters. The Morgan fingerprint density at radius 2 is 1.94 bits per heavy atom. The van der Waals surface area contributed by atoms with E-state index in [9.17, 15) is 17.8 Å². The van der Waals surface area contributed by atoms with E-state index in [0.29, 0.717) is 6.61 Å². The molecule has 0 aromatic heterocycles. The van der Waals surface area contributed by atoms with Crippen molar-refractivity contribution in [1.82, 2.24) is 0 Å². The number of hydrogen-bond donors (Lipinski definition) is 1. The summed E-state index contributed by atoms with van der Waals surface area (Å²) in [5, 5.41) is 0. The molecule has 0 fully saturated rings. The number of nitrogens with one attached hydrogen (secondary N) is 1. The lowest BCUT2D eigenvalue weighted by Gasteiger charge is -2.05. The Balaban J connectivity index is 0. The minimum Gasteiger partial charge on any atom is -0.726 e. The first-order chi connectivity index (χ1) is 7.22. The zero-order chi connectivity index (χ0) is 13.2. The second-order valence-electron chi connectivity index (χ2n) is 2.90. The van der Waals surface area contributed by atoms with Gasteiger partial charge in [-0.3, -0.25) is 4.18 Å². The number of carbonyl (C=O) groups is 1. The van der Waals surface area contributed by atoms with Crippen LogP contribution in [-0.2, 0) is 24.1 Å². The predicted molar refractivity (Wildman–Crippen MR) is 55.5 cm³/mol. The summed E-state index contributed by atoms with van der Waals surface area (Å²) in [6.07, 6.45) is 1.17. The first-order valence-electron chi connectivity index (χ1n) is 4.32. The third kappa shape index (κ3) is 18.8. The number of hydrogen-bond acceptors (Lipinski definition) is 6. The highest BCUT2D eigenvalue weighted by molar-refractivity contribution is 7.80. The normalized spacial score (nSPS) is 10.3. The van der Waals surface area contributed by atoms with E-state index in [1.807, 2.05) is 14.1 Å². The van der Waals surface area contributed by atoms with Gasteiger partial charge in [0.15, 0.2) is 0 Å².